The van der Waals surface area contributed by atoms with Crippen molar-refractivity contribution in [2.45, 2.75) is 32.9 Å². The standard InChI is InChI=1S/C19H23NO3/c1-13-6-5-7-18(12-13)23-15(3)19(21)20-14(2)16-8-10-17(22-4)11-9-16/h5-12,14-15H,1-4H3,(H,20,21). The lowest BCUT2D eigenvalue weighted by molar-refractivity contribution is -0.127. The first-order chi connectivity index (χ1) is 11.0. The van der Waals surface area contributed by atoms with Crippen molar-refractivity contribution in [3.8, 4) is 11.5 Å². The third kappa shape index (κ3) is 4.74. The molecule has 2 aromatic rings. The fourth-order valence-electron chi connectivity index (χ4n) is 2.25. The molecule has 0 heterocycles. The van der Waals surface area contributed by atoms with E-state index in [-0.39, 0.29) is 11.9 Å². The lowest BCUT2D eigenvalue weighted by Gasteiger charge is -2.19. The summed E-state index contributed by atoms with van der Waals surface area (Å²) in [5.74, 6) is 1.35. The lowest BCUT2D eigenvalue weighted by Crippen LogP contribution is -2.37. The van der Waals surface area contributed by atoms with E-state index in [1.807, 2.05) is 62.4 Å². The molecule has 2 atom stereocenters. The van der Waals surface area contributed by atoms with Gasteiger partial charge in [0.15, 0.2) is 6.10 Å². The molecule has 2 unspecified atom stereocenters. The molecule has 0 bridgehead atoms. The summed E-state index contributed by atoms with van der Waals surface area (Å²) in [6.07, 6.45) is -0.558. The van der Waals surface area contributed by atoms with Crippen LogP contribution in [0.25, 0.3) is 0 Å². The summed E-state index contributed by atoms with van der Waals surface area (Å²) in [6.45, 7) is 5.68. The highest BCUT2D eigenvalue weighted by atomic mass is 16.5. The molecule has 1 amide bonds. The number of aryl methyl sites for hydroxylation is 1. The molecule has 23 heavy (non-hydrogen) atoms. The Morgan fingerprint density at radius 2 is 1.74 bits per heavy atom. The molecule has 0 saturated heterocycles. The normalized spacial score (nSPS) is 13.0. The summed E-state index contributed by atoms with van der Waals surface area (Å²) in [4.78, 5) is 12.3. The fraction of sp³-hybridized carbons (Fsp3) is 0.316. The topological polar surface area (TPSA) is 47.6 Å². The van der Waals surface area contributed by atoms with E-state index in [1.54, 1.807) is 14.0 Å². The molecule has 0 spiro atoms. The molecule has 122 valence electrons. The number of amides is 1. The largest absolute Gasteiger partial charge is 0.497 e. The number of hydrogen-bond donors (Lipinski definition) is 1. The van der Waals surface area contributed by atoms with Crippen LogP contribution in [0.5, 0.6) is 11.5 Å². The first-order valence-corrected chi connectivity index (χ1v) is 7.67. The van der Waals surface area contributed by atoms with Gasteiger partial charge in [0, 0.05) is 0 Å². The second-order valence-corrected chi connectivity index (χ2v) is 5.58. The van der Waals surface area contributed by atoms with Gasteiger partial charge in [-0.15, -0.1) is 0 Å². The molecule has 0 aliphatic carbocycles. The Kier molecular flexibility index (Phi) is 5.63. The summed E-state index contributed by atoms with van der Waals surface area (Å²) in [5.41, 5.74) is 2.11. The van der Waals surface area contributed by atoms with Crippen LogP contribution in [0.4, 0.5) is 0 Å². The van der Waals surface area contributed by atoms with Crippen molar-refractivity contribution < 1.29 is 14.3 Å². The van der Waals surface area contributed by atoms with Gasteiger partial charge in [0.1, 0.15) is 11.5 Å². The maximum atomic E-state index is 12.3. The predicted octanol–water partition coefficient (Wildman–Crippen LogP) is 3.65. The third-order valence-electron chi connectivity index (χ3n) is 3.65. The Morgan fingerprint density at radius 3 is 2.35 bits per heavy atom. The average molecular weight is 313 g/mol. The van der Waals surface area contributed by atoms with Crippen LogP contribution in [-0.2, 0) is 4.79 Å². The highest BCUT2D eigenvalue weighted by Gasteiger charge is 2.17. The van der Waals surface area contributed by atoms with E-state index in [0.29, 0.717) is 5.75 Å². The van der Waals surface area contributed by atoms with Crippen LogP contribution in [0.3, 0.4) is 0 Å². The van der Waals surface area contributed by atoms with E-state index in [4.69, 9.17) is 9.47 Å². The molecule has 0 aliphatic rings. The molecule has 0 aromatic heterocycles. The van der Waals surface area contributed by atoms with Gasteiger partial charge in [-0.05, 0) is 56.2 Å². The van der Waals surface area contributed by atoms with Gasteiger partial charge in [0.25, 0.3) is 5.91 Å². The molecular weight excluding hydrogens is 290 g/mol. The van der Waals surface area contributed by atoms with Crippen molar-refractivity contribution in [2.75, 3.05) is 7.11 Å². The van der Waals surface area contributed by atoms with Gasteiger partial charge in [-0.25, -0.2) is 0 Å². The highest BCUT2D eigenvalue weighted by molar-refractivity contribution is 5.81. The monoisotopic (exact) mass is 313 g/mol. The van der Waals surface area contributed by atoms with E-state index in [1.165, 1.54) is 0 Å². The van der Waals surface area contributed by atoms with Crippen LogP contribution < -0.4 is 14.8 Å². The lowest BCUT2D eigenvalue weighted by atomic mass is 10.1. The van der Waals surface area contributed by atoms with Gasteiger partial charge in [-0.3, -0.25) is 4.79 Å². The quantitative estimate of drug-likeness (QED) is 0.885. The summed E-state index contributed by atoms with van der Waals surface area (Å²) in [7, 11) is 1.63. The zero-order valence-electron chi connectivity index (χ0n) is 14.0. The van der Waals surface area contributed by atoms with Crippen molar-refractivity contribution in [3.05, 3.63) is 59.7 Å². The van der Waals surface area contributed by atoms with Gasteiger partial charge in [0.05, 0.1) is 13.2 Å². The van der Waals surface area contributed by atoms with Crippen LogP contribution >= 0.6 is 0 Å². The van der Waals surface area contributed by atoms with Crippen molar-refractivity contribution >= 4 is 5.91 Å². The Morgan fingerprint density at radius 1 is 1.04 bits per heavy atom. The maximum Gasteiger partial charge on any atom is 0.261 e. The smallest absolute Gasteiger partial charge is 0.261 e. The summed E-state index contributed by atoms with van der Waals surface area (Å²) in [6, 6.07) is 15.2. The van der Waals surface area contributed by atoms with Crippen molar-refractivity contribution in [1.29, 1.82) is 0 Å². The molecule has 0 fully saturated rings. The molecule has 0 aliphatic heterocycles. The molecule has 4 nitrogen and oxygen atoms in total. The Balaban J connectivity index is 1.94. The molecule has 2 rings (SSSR count). The van der Waals surface area contributed by atoms with E-state index in [2.05, 4.69) is 5.32 Å². The van der Waals surface area contributed by atoms with Gasteiger partial charge in [0.2, 0.25) is 0 Å². The number of carbonyl (C=O) groups is 1. The zero-order chi connectivity index (χ0) is 16.8. The molecule has 2 aromatic carbocycles. The number of nitrogens with one attached hydrogen (secondary N) is 1. The van der Waals surface area contributed by atoms with Gasteiger partial charge in [-0.1, -0.05) is 24.3 Å². The minimum Gasteiger partial charge on any atom is -0.497 e. The Hall–Kier alpha value is -2.49. The minimum absolute atomic E-state index is 0.100. The van der Waals surface area contributed by atoms with Crippen LogP contribution in [0.2, 0.25) is 0 Å². The van der Waals surface area contributed by atoms with Crippen molar-refractivity contribution in [1.82, 2.24) is 5.32 Å². The van der Waals surface area contributed by atoms with Crippen LogP contribution in [-0.4, -0.2) is 19.1 Å². The number of hydrogen-bond acceptors (Lipinski definition) is 3. The number of benzene rings is 2. The second-order valence-electron chi connectivity index (χ2n) is 5.58. The predicted molar refractivity (Wildman–Crippen MR) is 90.8 cm³/mol. The molecule has 1 N–H and O–H groups in total. The van der Waals surface area contributed by atoms with Crippen molar-refractivity contribution in [3.63, 3.8) is 0 Å². The molecule has 4 heteroatoms. The minimum atomic E-state index is -0.558. The number of carbonyl (C=O) groups excluding carboxylic acids is 1. The van der Waals surface area contributed by atoms with E-state index in [0.717, 1.165) is 16.9 Å². The maximum absolute atomic E-state index is 12.3. The average Bonchev–Trinajstić information content (AvgIpc) is 2.54. The van der Waals surface area contributed by atoms with E-state index in [9.17, 15) is 4.79 Å². The summed E-state index contributed by atoms with van der Waals surface area (Å²) >= 11 is 0. The number of ether oxygens (including phenoxy) is 2. The zero-order valence-corrected chi connectivity index (χ0v) is 14.0. The fourth-order valence-corrected chi connectivity index (χ4v) is 2.25. The van der Waals surface area contributed by atoms with Gasteiger partial charge >= 0.3 is 0 Å². The second kappa shape index (κ2) is 7.68. The highest BCUT2D eigenvalue weighted by Crippen LogP contribution is 2.18. The first kappa shape index (κ1) is 16.9. The van der Waals surface area contributed by atoms with Crippen molar-refractivity contribution in [2.24, 2.45) is 0 Å². The van der Waals surface area contributed by atoms with Crippen LogP contribution in [0, 0.1) is 6.92 Å². The number of methoxy groups -OCH3 is 1. The summed E-state index contributed by atoms with van der Waals surface area (Å²) < 4.78 is 10.8. The molecule has 0 radical (unpaired) electrons. The molecule has 0 saturated carbocycles. The Labute approximate surface area is 137 Å². The third-order valence-corrected chi connectivity index (χ3v) is 3.65. The Bertz CT molecular complexity index is 652. The SMILES string of the molecule is COc1ccc(C(C)NC(=O)C(C)Oc2cccc(C)c2)cc1. The first-order valence-electron chi connectivity index (χ1n) is 7.67. The van der Waals surface area contributed by atoms with Gasteiger partial charge < -0.3 is 14.8 Å². The number of rotatable bonds is 6. The van der Waals surface area contributed by atoms with Crippen LogP contribution in [0.1, 0.15) is 31.0 Å². The summed E-state index contributed by atoms with van der Waals surface area (Å²) in [5, 5.41) is 2.96. The van der Waals surface area contributed by atoms with Crippen LogP contribution in [0.15, 0.2) is 48.5 Å². The van der Waals surface area contributed by atoms with Gasteiger partial charge in [-0.2, -0.15) is 0 Å². The van der Waals surface area contributed by atoms with E-state index < -0.39 is 6.10 Å². The van der Waals surface area contributed by atoms with E-state index >= 15 is 0 Å². The molecular formula is C19H23NO3.